The quantitative estimate of drug-likeness (QED) is 0.302. The number of hydrogen-bond donors (Lipinski definition) is 1. The van der Waals surface area contributed by atoms with Crippen molar-refractivity contribution in [3.05, 3.63) is 54.1 Å². The summed E-state index contributed by atoms with van der Waals surface area (Å²) in [5.41, 5.74) is 1.26. The van der Waals surface area contributed by atoms with E-state index >= 15 is 0 Å². The van der Waals surface area contributed by atoms with Crippen LogP contribution in [0.25, 0.3) is 6.08 Å². The number of nitrogens with zero attached hydrogens (tertiary/aromatic N) is 6. The van der Waals surface area contributed by atoms with E-state index in [2.05, 4.69) is 79.3 Å². The maximum Gasteiger partial charge on any atom is 0.194 e. The van der Waals surface area contributed by atoms with E-state index in [1.165, 1.54) is 31.2 Å². The number of nitrogens with one attached hydrogen (secondary N) is 1. The number of piperazine rings is 1. The lowest BCUT2D eigenvalue weighted by molar-refractivity contribution is 0.193. The molecule has 33 heavy (non-hydrogen) atoms. The van der Waals surface area contributed by atoms with Gasteiger partial charge in [0.05, 0.1) is 6.54 Å². The van der Waals surface area contributed by atoms with Gasteiger partial charge in [-0.1, -0.05) is 62.2 Å². The van der Waals surface area contributed by atoms with Crippen LogP contribution in [-0.2, 0) is 13.0 Å². The Morgan fingerprint density at radius 3 is 2.61 bits per heavy atom. The molecule has 1 N–H and O–H groups in total. The molecule has 1 aliphatic carbocycles. The molecule has 4 rings (SSSR count). The van der Waals surface area contributed by atoms with Crippen LogP contribution in [-0.4, -0.2) is 75.8 Å². The zero-order chi connectivity index (χ0) is 22.0. The van der Waals surface area contributed by atoms with Gasteiger partial charge in [0.2, 0.25) is 0 Å². The molecule has 1 aromatic heterocycles. The minimum absolute atomic E-state index is 0. The molecule has 1 saturated heterocycles. The summed E-state index contributed by atoms with van der Waals surface area (Å²) >= 11 is 0. The van der Waals surface area contributed by atoms with Crippen molar-refractivity contribution in [3.8, 4) is 0 Å². The fourth-order valence-corrected chi connectivity index (χ4v) is 4.54. The van der Waals surface area contributed by atoms with Gasteiger partial charge in [0, 0.05) is 51.7 Å². The van der Waals surface area contributed by atoms with Gasteiger partial charge in [0.25, 0.3) is 0 Å². The average Bonchev–Trinajstić information content (AvgIpc) is 3.51. The predicted octanol–water partition coefficient (Wildman–Crippen LogP) is 3.68. The van der Waals surface area contributed by atoms with Gasteiger partial charge in [-0.3, -0.25) is 9.89 Å². The Morgan fingerprint density at radius 2 is 1.88 bits per heavy atom. The van der Waals surface area contributed by atoms with Crippen molar-refractivity contribution in [3.63, 3.8) is 0 Å². The van der Waals surface area contributed by atoms with Crippen LogP contribution in [0.1, 0.15) is 44.0 Å². The van der Waals surface area contributed by atoms with Crippen LogP contribution in [0.15, 0.2) is 47.7 Å². The van der Waals surface area contributed by atoms with Crippen LogP contribution in [0, 0.1) is 0 Å². The standard InChI is InChI=1S/C25H37N7.HI/c1-2-24-29-27-21-32(24)16-14-26-25(28-23-12-6-7-13-23)31-19-17-30(18-20-31)15-8-11-22-9-4-3-5-10-22;/h3-5,8-11,21,23H,2,6-7,12-20H2,1H3,(H,26,28);1H/b11-8+;. The van der Waals surface area contributed by atoms with E-state index in [1.807, 2.05) is 6.33 Å². The Hall–Kier alpha value is -1.94. The Bertz CT molecular complexity index is 866. The Kier molecular flexibility index (Phi) is 10.7. The van der Waals surface area contributed by atoms with E-state index in [0.717, 1.165) is 64.0 Å². The molecule has 1 aliphatic heterocycles. The number of hydrogen-bond acceptors (Lipinski definition) is 4. The summed E-state index contributed by atoms with van der Waals surface area (Å²) < 4.78 is 2.12. The molecule has 0 spiro atoms. The van der Waals surface area contributed by atoms with E-state index in [4.69, 9.17) is 4.99 Å². The third-order valence-electron chi connectivity index (χ3n) is 6.45. The van der Waals surface area contributed by atoms with Gasteiger partial charge in [0.15, 0.2) is 5.96 Å². The van der Waals surface area contributed by atoms with Crippen molar-refractivity contribution in [2.45, 2.75) is 51.6 Å². The van der Waals surface area contributed by atoms with Crippen molar-refractivity contribution in [2.75, 3.05) is 39.3 Å². The molecule has 2 aliphatic rings. The fraction of sp³-hybridized carbons (Fsp3) is 0.560. The molecule has 2 heterocycles. The van der Waals surface area contributed by atoms with Crippen molar-refractivity contribution < 1.29 is 0 Å². The number of guanidine groups is 1. The Balaban J connectivity index is 0.00000306. The number of aromatic nitrogens is 3. The van der Waals surface area contributed by atoms with Crippen LogP contribution in [0.5, 0.6) is 0 Å². The second-order valence-corrected chi connectivity index (χ2v) is 8.73. The number of rotatable bonds is 8. The number of aryl methyl sites for hydroxylation is 1. The van der Waals surface area contributed by atoms with Gasteiger partial charge >= 0.3 is 0 Å². The third-order valence-corrected chi connectivity index (χ3v) is 6.45. The largest absolute Gasteiger partial charge is 0.354 e. The second kappa shape index (κ2) is 13.7. The Labute approximate surface area is 215 Å². The zero-order valence-electron chi connectivity index (χ0n) is 19.8. The maximum absolute atomic E-state index is 5.01. The molecule has 0 atom stereocenters. The molecule has 0 radical (unpaired) electrons. The van der Waals surface area contributed by atoms with Crippen molar-refractivity contribution >= 4 is 36.0 Å². The summed E-state index contributed by atoms with van der Waals surface area (Å²) in [5.74, 6) is 2.12. The Morgan fingerprint density at radius 1 is 1.12 bits per heavy atom. The van der Waals surface area contributed by atoms with Crippen LogP contribution in [0.3, 0.4) is 0 Å². The maximum atomic E-state index is 5.01. The van der Waals surface area contributed by atoms with E-state index in [0.29, 0.717) is 6.04 Å². The molecule has 0 bridgehead atoms. The number of aliphatic imine (C=N–C) groups is 1. The SMILES string of the molecule is CCc1nncn1CCN=C(NC1CCCC1)N1CCN(C/C=C/c2ccccc2)CC1.I. The lowest BCUT2D eigenvalue weighted by Gasteiger charge is -2.37. The predicted molar refractivity (Wildman–Crippen MR) is 146 cm³/mol. The van der Waals surface area contributed by atoms with E-state index < -0.39 is 0 Å². The first-order valence-electron chi connectivity index (χ1n) is 12.2. The summed E-state index contributed by atoms with van der Waals surface area (Å²) in [5, 5.41) is 12.0. The molecule has 0 unspecified atom stereocenters. The van der Waals surface area contributed by atoms with Gasteiger partial charge < -0.3 is 14.8 Å². The second-order valence-electron chi connectivity index (χ2n) is 8.73. The van der Waals surface area contributed by atoms with Crippen LogP contribution in [0.2, 0.25) is 0 Å². The first-order chi connectivity index (χ1) is 15.8. The molecule has 180 valence electrons. The summed E-state index contributed by atoms with van der Waals surface area (Å²) in [6, 6.07) is 11.1. The van der Waals surface area contributed by atoms with Gasteiger partial charge in [-0.2, -0.15) is 0 Å². The first kappa shape index (κ1) is 25.7. The molecular formula is C25H38IN7. The average molecular weight is 564 g/mol. The molecule has 2 fully saturated rings. The van der Waals surface area contributed by atoms with E-state index in [1.54, 1.807) is 0 Å². The molecular weight excluding hydrogens is 525 g/mol. The number of benzene rings is 1. The highest BCUT2D eigenvalue weighted by Crippen LogP contribution is 2.18. The van der Waals surface area contributed by atoms with Gasteiger partial charge in [-0.05, 0) is 18.4 Å². The lowest BCUT2D eigenvalue weighted by Crippen LogP contribution is -2.54. The number of halogens is 1. The minimum Gasteiger partial charge on any atom is -0.354 e. The monoisotopic (exact) mass is 563 g/mol. The topological polar surface area (TPSA) is 61.6 Å². The molecule has 1 aromatic carbocycles. The smallest absolute Gasteiger partial charge is 0.194 e. The molecule has 2 aromatic rings. The summed E-state index contributed by atoms with van der Waals surface area (Å²) in [4.78, 5) is 9.98. The summed E-state index contributed by atoms with van der Waals surface area (Å²) in [7, 11) is 0. The summed E-state index contributed by atoms with van der Waals surface area (Å²) in [6.45, 7) is 8.86. The highest BCUT2D eigenvalue weighted by molar-refractivity contribution is 14.0. The van der Waals surface area contributed by atoms with Gasteiger partial charge in [-0.15, -0.1) is 34.2 Å². The molecule has 1 saturated carbocycles. The zero-order valence-corrected chi connectivity index (χ0v) is 22.1. The van der Waals surface area contributed by atoms with E-state index in [9.17, 15) is 0 Å². The highest BCUT2D eigenvalue weighted by Gasteiger charge is 2.23. The molecule has 7 nitrogen and oxygen atoms in total. The van der Waals surface area contributed by atoms with Crippen molar-refractivity contribution in [1.82, 2.24) is 29.9 Å². The van der Waals surface area contributed by atoms with E-state index in [-0.39, 0.29) is 24.0 Å². The first-order valence-corrected chi connectivity index (χ1v) is 12.2. The van der Waals surface area contributed by atoms with Crippen LogP contribution < -0.4 is 5.32 Å². The summed E-state index contributed by atoms with van der Waals surface area (Å²) in [6.07, 6.45) is 12.4. The molecule has 0 amide bonds. The lowest BCUT2D eigenvalue weighted by atomic mass is 10.2. The van der Waals surface area contributed by atoms with Crippen molar-refractivity contribution in [2.24, 2.45) is 4.99 Å². The van der Waals surface area contributed by atoms with Crippen LogP contribution >= 0.6 is 24.0 Å². The highest BCUT2D eigenvalue weighted by atomic mass is 127. The third kappa shape index (κ3) is 7.81. The molecule has 8 heteroatoms. The van der Waals surface area contributed by atoms with Crippen LogP contribution in [0.4, 0.5) is 0 Å². The normalized spacial score (nSPS) is 18.1. The van der Waals surface area contributed by atoms with Crippen molar-refractivity contribution in [1.29, 1.82) is 0 Å². The fourth-order valence-electron chi connectivity index (χ4n) is 4.54. The van der Waals surface area contributed by atoms with Gasteiger partial charge in [-0.25, -0.2) is 0 Å². The minimum atomic E-state index is 0. The van der Waals surface area contributed by atoms with Gasteiger partial charge in [0.1, 0.15) is 12.2 Å².